The number of hydrogen-bond acceptors (Lipinski definition) is 6. The van der Waals surface area contributed by atoms with Gasteiger partial charge in [0.2, 0.25) is 11.8 Å². The Labute approximate surface area is 188 Å². The Balaban J connectivity index is 1.38. The Kier molecular flexibility index (Phi) is 5.95. The number of benzene rings is 2. The Bertz CT molecular complexity index is 1320. The molecule has 1 saturated heterocycles. The molecule has 0 aliphatic carbocycles. The van der Waals surface area contributed by atoms with Crippen molar-refractivity contribution in [3.63, 3.8) is 0 Å². The van der Waals surface area contributed by atoms with Gasteiger partial charge in [-0.05, 0) is 36.8 Å². The average molecular weight is 451 g/mol. The van der Waals surface area contributed by atoms with Crippen LogP contribution in [0.4, 0.5) is 5.69 Å². The van der Waals surface area contributed by atoms with Gasteiger partial charge in [0.05, 0.1) is 17.2 Å². The number of nitrogens with zero attached hydrogens (tertiary/aromatic N) is 4. The fourth-order valence-corrected chi connectivity index (χ4v) is 4.28. The van der Waals surface area contributed by atoms with Gasteiger partial charge < -0.3 is 10.6 Å². The van der Waals surface area contributed by atoms with E-state index in [0.717, 1.165) is 22.2 Å². The lowest BCUT2D eigenvalue weighted by Gasteiger charge is -2.07. The van der Waals surface area contributed by atoms with E-state index < -0.39 is 5.25 Å². The van der Waals surface area contributed by atoms with Crippen molar-refractivity contribution >= 4 is 51.7 Å². The highest BCUT2D eigenvalue weighted by atomic mass is 32.2. The third-order valence-corrected chi connectivity index (χ3v) is 6.21. The highest BCUT2D eigenvalue weighted by Crippen LogP contribution is 2.23. The zero-order valence-electron chi connectivity index (χ0n) is 17.8. The molecule has 0 bridgehead atoms. The number of aryl methyl sites for hydroxylation is 3. The third kappa shape index (κ3) is 4.50. The Morgan fingerprint density at radius 1 is 1.12 bits per heavy atom. The molecule has 0 unspecified atom stereocenters. The minimum absolute atomic E-state index is 0.0335. The van der Waals surface area contributed by atoms with Crippen molar-refractivity contribution in [3.05, 3.63) is 64.1 Å². The van der Waals surface area contributed by atoms with Crippen LogP contribution in [0.15, 0.2) is 57.5 Å². The van der Waals surface area contributed by atoms with Gasteiger partial charge in [-0.1, -0.05) is 35.5 Å². The molecule has 3 aromatic rings. The van der Waals surface area contributed by atoms with Gasteiger partial charge in [0, 0.05) is 26.2 Å². The Morgan fingerprint density at radius 3 is 2.59 bits per heavy atom. The number of carbonyl (C=O) groups is 2. The summed E-state index contributed by atoms with van der Waals surface area (Å²) in [4.78, 5) is 36.5. The smallest absolute Gasteiger partial charge is 0.326 e. The maximum absolute atomic E-state index is 12.3. The molecule has 32 heavy (non-hydrogen) atoms. The molecule has 1 aromatic heterocycles. The van der Waals surface area contributed by atoms with Gasteiger partial charge in [-0.15, -0.1) is 5.10 Å². The number of anilines is 1. The van der Waals surface area contributed by atoms with Gasteiger partial charge in [-0.2, -0.15) is 5.10 Å². The van der Waals surface area contributed by atoms with Crippen molar-refractivity contribution in [3.8, 4) is 0 Å². The Hall–Kier alpha value is -3.66. The lowest BCUT2D eigenvalue weighted by atomic mass is 10.2. The molecule has 9 nitrogen and oxygen atoms in total. The molecule has 0 radical (unpaired) electrons. The lowest BCUT2D eigenvalue weighted by molar-refractivity contribution is -0.122. The number of thioether (sulfide) groups is 1. The van der Waals surface area contributed by atoms with Crippen LogP contribution in [0.1, 0.15) is 17.5 Å². The van der Waals surface area contributed by atoms with E-state index in [1.54, 1.807) is 29.4 Å². The van der Waals surface area contributed by atoms with E-state index in [-0.39, 0.29) is 23.9 Å². The zero-order chi connectivity index (χ0) is 22.8. The monoisotopic (exact) mass is 450 g/mol. The summed E-state index contributed by atoms with van der Waals surface area (Å²) in [6, 6.07) is 13.0. The first-order chi connectivity index (χ1) is 15.3. The molecule has 1 aliphatic rings. The maximum Gasteiger partial charge on any atom is 0.328 e. The van der Waals surface area contributed by atoms with Crippen LogP contribution in [0, 0.1) is 6.92 Å². The summed E-state index contributed by atoms with van der Waals surface area (Å²) in [5.41, 5.74) is 4.07. The van der Waals surface area contributed by atoms with E-state index in [9.17, 15) is 14.4 Å². The van der Waals surface area contributed by atoms with Gasteiger partial charge >= 0.3 is 5.69 Å². The predicted octanol–water partition coefficient (Wildman–Crippen LogP) is 2.14. The largest absolute Gasteiger partial charge is 0.328 e. The Morgan fingerprint density at radius 2 is 1.84 bits per heavy atom. The summed E-state index contributed by atoms with van der Waals surface area (Å²) < 4.78 is 3.15. The number of rotatable bonds is 5. The number of fused-ring (bicyclic) bond motifs is 1. The molecule has 10 heteroatoms. The van der Waals surface area contributed by atoms with Crippen LogP contribution in [-0.4, -0.2) is 37.6 Å². The zero-order valence-corrected chi connectivity index (χ0v) is 18.6. The predicted molar refractivity (Wildman–Crippen MR) is 127 cm³/mol. The summed E-state index contributed by atoms with van der Waals surface area (Å²) in [6.07, 6.45) is 1.58. The van der Waals surface area contributed by atoms with E-state index in [0.29, 0.717) is 10.9 Å². The highest BCUT2D eigenvalue weighted by molar-refractivity contribution is 8.15. The molecule has 0 saturated carbocycles. The molecular weight excluding hydrogens is 428 g/mol. The van der Waals surface area contributed by atoms with E-state index in [1.165, 1.54) is 11.8 Å². The summed E-state index contributed by atoms with van der Waals surface area (Å²) >= 11 is 1.17. The van der Waals surface area contributed by atoms with Gasteiger partial charge in [0.15, 0.2) is 5.17 Å². The average Bonchev–Trinajstić information content (AvgIpc) is 3.21. The number of nitrogens with one attached hydrogen (secondary N) is 2. The summed E-state index contributed by atoms with van der Waals surface area (Å²) in [6.45, 7) is 1.97. The van der Waals surface area contributed by atoms with Crippen molar-refractivity contribution in [2.24, 2.45) is 24.3 Å². The maximum atomic E-state index is 12.3. The van der Waals surface area contributed by atoms with Crippen LogP contribution in [0.3, 0.4) is 0 Å². The molecule has 2 aromatic carbocycles. The molecule has 0 spiro atoms. The molecular formula is C22H22N6O3S. The number of aromatic nitrogens is 2. The molecule has 164 valence electrons. The second kappa shape index (κ2) is 8.83. The second-order valence-electron chi connectivity index (χ2n) is 7.51. The number of hydrogen-bond donors (Lipinski definition) is 2. The minimum Gasteiger partial charge on any atom is -0.326 e. The normalized spacial score (nSPS) is 17.4. The van der Waals surface area contributed by atoms with Crippen LogP contribution in [0.25, 0.3) is 11.0 Å². The number of imidazole rings is 1. The topological polar surface area (TPSA) is 110 Å². The molecule has 2 amide bonds. The van der Waals surface area contributed by atoms with E-state index >= 15 is 0 Å². The van der Waals surface area contributed by atoms with Crippen LogP contribution >= 0.6 is 11.8 Å². The van der Waals surface area contributed by atoms with Crippen molar-refractivity contribution in [1.82, 2.24) is 14.5 Å². The van der Waals surface area contributed by atoms with Crippen LogP contribution in [0.2, 0.25) is 0 Å². The molecule has 4 rings (SSSR count). The molecule has 1 fully saturated rings. The molecule has 1 atom stereocenters. The number of amides is 2. The van der Waals surface area contributed by atoms with Gasteiger partial charge in [-0.3, -0.25) is 18.7 Å². The van der Waals surface area contributed by atoms with Crippen molar-refractivity contribution < 1.29 is 9.59 Å². The fourth-order valence-electron chi connectivity index (χ4n) is 3.36. The van der Waals surface area contributed by atoms with Crippen LogP contribution in [-0.2, 0) is 23.7 Å². The first kappa shape index (κ1) is 21.6. The number of carbonyl (C=O) groups excluding carboxylic acids is 2. The van der Waals surface area contributed by atoms with Crippen LogP contribution in [0.5, 0.6) is 0 Å². The van der Waals surface area contributed by atoms with E-state index in [1.807, 2.05) is 49.4 Å². The number of amidine groups is 1. The van der Waals surface area contributed by atoms with Gasteiger partial charge in [0.25, 0.3) is 0 Å². The minimum atomic E-state index is -0.565. The van der Waals surface area contributed by atoms with E-state index in [2.05, 4.69) is 20.8 Å². The van der Waals surface area contributed by atoms with Gasteiger partial charge in [-0.25, -0.2) is 4.79 Å². The summed E-state index contributed by atoms with van der Waals surface area (Å²) in [5.74, 6) is -0.517. The van der Waals surface area contributed by atoms with Crippen molar-refractivity contribution in [1.29, 1.82) is 0 Å². The highest BCUT2D eigenvalue weighted by Gasteiger charge is 2.32. The standard InChI is InChI=1S/C22H22N6O3S/c1-13-4-7-15(8-5-13)24-19(29)11-18-20(30)25-21(32-18)26-23-12-14-6-9-16-17(10-14)28(3)22(31)27(16)2/h4-10,12,18H,11H2,1-3H3,(H,24,29)(H,25,26,30)/b23-12-/t18-/m1/s1. The molecule has 2 N–H and O–H groups in total. The third-order valence-electron chi connectivity index (χ3n) is 5.13. The van der Waals surface area contributed by atoms with Crippen molar-refractivity contribution in [2.45, 2.75) is 18.6 Å². The molecule has 1 aliphatic heterocycles. The van der Waals surface area contributed by atoms with Gasteiger partial charge in [0.1, 0.15) is 5.25 Å². The fraction of sp³-hybridized carbons (Fsp3) is 0.227. The van der Waals surface area contributed by atoms with Crippen molar-refractivity contribution in [2.75, 3.05) is 5.32 Å². The quantitative estimate of drug-likeness (QED) is 0.458. The summed E-state index contributed by atoms with van der Waals surface area (Å²) in [7, 11) is 3.44. The summed E-state index contributed by atoms with van der Waals surface area (Å²) in [5, 5.41) is 13.3. The first-order valence-electron chi connectivity index (χ1n) is 9.92. The lowest BCUT2D eigenvalue weighted by Crippen LogP contribution is -2.28. The second-order valence-corrected chi connectivity index (χ2v) is 8.70. The SMILES string of the molecule is Cc1ccc(NC(=O)C[C@H]2S/C(=N\N=C/c3ccc4c(c3)n(C)c(=O)n4C)NC2=O)cc1. The van der Waals surface area contributed by atoms with Crippen LogP contribution < -0.4 is 16.3 Å². The molecule has 2 heterocycles. The van der Waals surface area contributed by atoms with E-state index in [4.69, 9.17) is 0 Å². The first-order valence-corrected chi connectivity index (χ1v) is 10.8.